The Bertz CT molecular complexity index is 95.4. The van der Waals surface area contributed by atoms with Gasteiger partial charge in [0.05, 0.1) is 13.2 Å². The highest BCUT2D eigenvalue weighted by molar-refractivity contribution is 4.80. The molecule has 0 aromatic carbocycles. The van der Waals surface area contributed by atoms with Crippen molar-refractivity contribution in [3.8, 4) is 0 Å². The number of rotatable bonds is 1. The van der Waals surface area contributed by atoms with Crippen molar-refractivity contribution in [2.24, 2.45) is 11.8 Å². The van der Waals surface area contributed by atoms with E-state index >= 15 is 0 Å². The monoisotopic (exact) mass is 143 g/mol. The summed E-state index contributed by atoms with van der Waals surface area (Å²) in [6, 6.07) is 0.647. The maximum Gasteiger partial charge on any atom is 0.0506 e. The van der Waals surface area contributed by atoms with E-state index in [1.807, 2.05) is 7.05 Å². The molecule has 1 rings (SSSR count). The van der Waals surface area contributed by atoms with E-state index in [1.165, 1.54) is 0 Å². The van der Waals surface area contributed by atoms with E-state index in [9.17, 15) is 0 Å². The van der Waals surface area contributed by atoms with Gasteiger partial charge >= 0.3 is 0 Å². The van der Waals surface area contributed by atoms with Gasteiger partial charge in [-0.3, -0.25) is 0 Å². The van der Waals surface area contributed by atoms with Gasteiger partial charge in [-0.25, -0.2) is 0 Å². The second-order valence-electron chi connectivity index (χ2n) is 3.31. The van der Waals surface area contributed by atoms with Gasteiger partial charge in [0, 0.05) is 6.04 Å². The minimum atomic E-state index is 0.647. The fourth-order valence-corrected chi connectivity index (χ4v) is 1.78. The molecule has 1 N–H and O–H groups in total. The minimum Gasteiger partial charge on any atom is -0.381 e. The van der Waals surface area contributed by atoms with E-state index in [-0.39, 0.29) is 0 Å². The first-order valence-electron chi connectivity index (χ1n) is 4.00. The molecule has 2 atom stereocenters. The topological polar surface area (TPSA) is 21.3 Å². The van der Waals surface area contributed by atoms with Crippen molar-refractivity contribution in [3.63, 3.8) is 0 Å². The van der Waals surface area contributed by atoms with Crippen LogP contribution in [0.4, 0.5) is 0 Å². The van der Waals surface area contributed by atoms with Crippen LogP contribution in [0.15, 0.2) is 0 Å². The van der Waals surface area contributed by atoms with E-state index in [0.29, 0.717) is 17.9 Å². The average Bonchev–Trinajstić information content (AvgIpc) is 1.88. The fourth-order valence-electron chi connectivity index (χ4n) is 1.78. The largest absolute Gasteiger partial charge is 0.381 e. The van der Waals surface area contributed by atoms with E-state index in [0.717, 1.165) is 13.2 Å². The Labute approximate surface area is 63.0 Å². The summed E-state index contributed by atoms with van der Waals surface area (Å²) in [6.45, 7) is 6.29. The highest BCUT2D eigenvalue weighted by atomic mass is 16.5. The molecule has 0 saturated carbocycles. The molecule has 1 heterocycles. The summed E-state index contributed by atoms with van der Waals surface area (Å²) in [5.74, 6) is 1.32. The van der Waals surface area contributed by atoms with Gasteiger partial charge in [0.15, 0.2) is 0 Å². The third-order valence-electron chi connectivity index (χ3n) is 2.32. The van der Waals surface area contributed by atoms with Crippen LogP contribution in [0.5, 0.6) is 0 Å². The van der Waals surface area contributed by atoms with Crippen LogP contribution in [-0.4, -0.2) is 26.3 Å². The lowest BCUT2D eigenvalue weighted by Crippen LogP contribution is -2.45. The van der Waals surface area contributed by atoms with Crippen molar-refractivity contribution in [3.05, 3.63) is 0 Å². The molecule has 0 aliphatic carbocycles. The Morgan fingerprint density at radius 3 is 2.00 bits per heavy atom. The van der Waals surface area contributed by atoms with E-state index in [1.54, 1.807) is 0 Å². The first-order valence-corrected chi connectivity index (χ1v) is 4.00. The molecular formula is C8H17NO. The fraction of sp³-hybridized carbons (Fsp3) is 1.00. The van der Waals surface area contributed by atoms with Crippen molar-refractivity contribution >= 4 is 0 Å². The van der Waals surface area contributed by atoms with Crippen LogP contribution >= 0.6 is 0 Å². The Hall–Kier alpha value is -0.0800. The molecule has 0 unspecified atom stereocenters. The molecule has 1 fully saturated rings. The molecule has 0 amide bonds. The summed E-state index contributed by atoms with van der Waals surface area (Å²) in [7, 11) is 2.03. The summed E-state index contributed by atoms with van der Waals surface area (Å²) < 4.78 is 5.39. The van der Waals surface area contributed by atoms with Gasteiger partial charge in [-0.15, -0.1) is 0 Å². The third-order valence-corrected chi connectivity index (χ3v) is 2.32. The van der Waals surface area contributed by atoms with Crippen molar-refractivity contribution in [2.75, 3.05) is 20.3 Å². The third kappa shape index (κ3) is 1.50. The molecule has 60 valence electrons. The van der Waals surface area contributed by atoms with Gasteiger partial charge in [0.1, 0.15) is 0 Å². The lowest BCUT2D eigenvalue weighted by molar-refractivity contribution is 0.00419. The first kappa shape index (κ1) is 8.02. The summed E-state index contributed by atoms with van der Waals surface area (Å²) in [4.78, 5) is 0. The summed E-state index contributed by atoms with van der Waals surface area (Å²) >= 11 is 0. The van der Waals surface area contributed by atoms with Gasteiger partial charge in [-0.05, 0) is 18.9 Å². The molecule has 0 aromatic heterocycles. The van der Waals surface area contributed by atoms with Crippen molar-refractivity contribution in [2.45, 2.75) is 19.9 Å². The van der Waals surface area contributed by atoms with Crippen LogP contribution in [0.3, 0.4) is 0 Å². The summed E-state index contributed by atoms with van der Waals surface area (Å²) in [5.41, 5.74) is 0. The predicted octanol–water partition coefficient (Wildman–Crippen LogP) is 0.877. The molecule has 0 spiro atoms. The van der Waals surface area contributed by atoms with Crippen LogP contribution < -0.4 is 5.32 Å². The Morgan fingerprint density at radius 2 is 1.70 bits per heavy atom. The van der Waals surface area contributed by atoms with Crippen molar-refractivity contribution < 1.29 is 4.74 Å². The second kappa shape index (κ2) is 3.35. The smallest absolute Gasteiger partial charge is 0.0506 e. The predicted molar refractivity (Wildman–Crippen MR) is 42.0 cm³/mol. The maximum absolute atomic E-state index is 5.39. The standard InChI is InChI=1S/C8H17NO/c1-6-4-10-5-7(2)8(6)9-3/h6-9H,4-5H2,1-3H3/t6-,7-/m1/s1. The zero-order valence-electron chi connectivity index (χ0n) is 7.05. The van der Waals surface area contributed by atoms with Crippen LogP contribution in [0.1, 0.15) is 13.8 Å². The molecule has 1 saturated heterocycles. The van der Waals surface area contributed by atoms with E-state index in [4.69, 9.17) is 4.74 Å². The Kier molecular flexibility index (Phi) is 2.69. The van der Waals surface area contributed by atoms with Gasteiger partial charge in [0.2, 0.25) is 0 Å². The lowest BCUT2D eigenvalue weighted by atomic mass is 9.90. The van der Waals surface area contributed by atoms with Crippen LogP contribution in [0.25, 0.3) is 0 Å². The van der Waals surface area contributed by atoms with Crippen molar-refractivity contribution in [1.29, 1.82) is 0 Å². The Balaban J connectivity index is 2.45. The molecular weight excluding hydrogens is 126 g/mol. The second-order valence-corrected chi connectivity index (χ2v) is 3.31. The summed E-state index contributed by atoms with van der Waals surface area (Å²) in [6.07, 6.45) is 0. The van der Waals surface area contributed by atoms with Gasteiger partial charge in [0.25, 0.3) is 0 Å². The molecule has 2 nitrogen and oxygen atoms in total. The van der Waals surface area contributed by atoms with Gasteiger partial charge < -0.3 is 10.1 Å². The van der Waals surface area contributed by atoms with Gasteiger partial charge in [-0.1, -0.05) is 13.8 Å². The molecule has 10 heavy (non-hydrogen) atoms. The summed E-state index contributed by atoms with van der Waals surface area (Å²) in [5, 5.41) is 3.32. The normalized spacial score (nSPS) is 36.3. The minimum absolute atomic E-state index is 0.647. The SMILES string of the molecule is CNC1[C@H](C)COC[C@H]1C. The van der Waals surface area contributed by atoms with Gasteiger partial charge in [-0.2, -0.15) is 0 Å². The average molecular weight is 143 g/mol. The number of hydrogen-bond donors (Lipinski definition) is 1. The number of ether oxygens (including phenoxy) is 1. The molecule has 1 aliphatic heterocycles. The highest BCUT2D eigenvalue weighted by Gasteiger charge is 2.26. The quantitative estimate of drug-likeness (QED) is 0.588. The van der Waals surface area contributed by atoms with E-state index < -0.39 is 0 Å². The lowest BCUT2D eigenvalue weighted by Gasteiger charge is -2.34. The first-order chi connectivity index (χ1) is 4.75. The maximum atomic E-state index is 5.39. The molecule has 0 bridgehead atoms. The molecule has 1 aliphatic rings. The molecule has 0 radical (unpaired) electrons. The highest BCUT2D eigenvalue weighted by Crippen LogP contribution is 2.18. The van der Waals surface area contributed by atoms with Crippen molar-refractivity contribution in [1.82, 2.24) is 5.32 Å². The number of hydrogen-bond acceptors (Lipinski definition) is 2. The zero-order valence-corrected chi connectivity index (χ0v) is 7.05. The van der Waals surface area contributed by atoms with E-state index in [2.05, 4.69) is 19.2 Å². The van der Waals surface area contributed by atoms with Crippen LogP contribution in [0, 0.1) is 11.8 Å². The van der Waals surface area contributed by atoms with Crippen LogP contribution in [0.2, 0.25) is 0 Å². The Morgan fingerprint density at radius 1 is 1.20 bits per heavy atom. The number of nitrogens with one attached hydrogen (secondary N) is 1. The van der Waals surface area contributed by atoms with Crippen LogP contribution in [-0.2, 0) is 4.74 Å². The zero-order chi connectivity index (χ0) is 7.56. The molecule has 0 aromatic rings. The molecule has 2 heteroatoms.